The first-order valence-corrected chi connectivity index (χ1v) is 5.12. The van der Waals surface area contributed by atoms with Crippen molar-refractivity contribution in [2.75, 3.05) is 0 Å². The van der Waals surface area contributed by atoms with Crippen LogP contribution in [0.1, 0.15) is 10.4 Å². The maximum Gasteiger partial charge on any atom is 0.336 e. The Kier molecular flexibility index (Phi) is 2.01. The van der Waals surface area contributed by atoms with E-state index < -0.39 is 5.97 Å². The third-order valence-electron chi connectivity index (χ3n) is 2.76. The molecule has 0 amide bonds. The molecule has 0 spiro atoms. The number of fused-ring (bicyclic) bond motifs is 3. The van der Waals surface area contributed by atoms with Crippen molar-refractivity contribution in [1.29, 1.82) is 0 Å². The smallest absolute Gasteiger partial charge is 0.336 e. The SMILES string of the molecule is O=C(O)c1cccc2c3ccnc-3cncc12. The Morgan fingerprint density at radius 3 is 2.82 bits per heavy atom. The number of aromatic carboxylic acids is 1. The van der Waals surface area contributed by atoms with E-state index >= 15 is 0 Å². The highest BCUT2D eigenvalue weighted by Crippen LogP contribution is 2.28. The first kappa shape index (κ1) is 9.72. The number of hydrogen-bond acceptors (Lipinski definition) is 3. The zero-order valence-corrected chi connectivity index (χ0v) is 8.79. The fourth-order valence-corrected chi connectivity index (χ4v) is 1.99. The van der Waals surface area contributed by atoms with Gasteiger partial charge in [-0.1, -0.05) is 12.1 Å². The molecule has 0 saturated carbocycles. The van der Waals surface area contributed by atoms with Gasteiger partial charge in [-0.25, -0.2) is 4.79 Å². The van der Waals surface area contributed by atoms with Crippen LogP contribution in [0.15, 0.2) is 42.9 Å². The number of aromatic nitrogens is 2. The molecular weight excluding hydrogens is 216 g/mol. The van der Waals surface area contributed by atoms with Gasteiger partial charge in [0.05, 0.1) is 17.5 Å². The van der Waals surface area contributed by atoms with Crippen molar-refractivity contribution in [3.63, 3.8) is 0 Å². The Morgan fingerprint density at radius 2 is 2.00 bits per heavy atom. The Labute approximate surface area is 96.9 Å². The lowest BCUT2D eigenvalue weighted by Gasteiger charge is -2.00. The van der Waals surface area contributed by atoms with Gasteiger partial charge in [0.25, 0.3) is 0 Å². The molecule has 1 aromatic carbocycles. The number of carboxylic acids is 1. The molecule has 0 radical (unpaired) electrons. The van der Waals surface area contributed by atoms with Crippen molar-refractivity contribution in [3.8, 4) is 11.3 Å². The molecule has 17 heavy (non-hydrogen) atoms. The van der Waals surface area contributed by atoms with E-state index in [0.29, 0.717) is 5.39 Å². The van der Waals surface area contributed by atoms with Crippen LogP contribution in [-0.2, 0) is 0 Å². The summed E-state index contributed by atoms with van der Waals surface area (Å²) < 4.78 is 0. The van der Waals surface area contributed by atoms with Crippen LogP contribution in [0, 0.1) is 0 Å². The number of rotatable bonds is 1. The van der Waals surface area contributed by atoms with Crippen LogP contribution in [0.2, 0.25) is 0 Å². The summed E-state index contributed by atoms with van der Waals surface area (Å²) in [4.78, 5) is 19.4. The van der Waals surface area contributed by atoms with Crippen LogP contribution >= 0.6 is 0 Å². The maximum atomic E-state index is 11.1. The van der Waals surface area contributed by atoms with E-state index in [2.05, 4.69) is 9.97 Å². The summed E-state index contributed by atoms with van der Waals surface area (Å²) >= 11 is 0. The molecule has 2 heterocycles. The summed E-state index contributed by atoms with van der Waals surface area (Å²) in [6.07, 6.45) is 4.90. The summed E-state index contributed by atoms with van der Waals surface area (Å²) in [6, 6.07) is 7.06. The topological polar surface area (TPSA) is 63.1 Å². The Hall–Kier alpha value is -2.49. The minimum atomic E-state index is -0.948. The zero-order valence-electron chi connectivity index (χ0n) is 8.79. The van der Waals surface area contributed by atoms with Crippen LogP contribution in [0.3, 0.4) is 0 Å². The van der Waals surface area contributed by atoms with Crippen LogP contribution in [0.4, 0.5) is 0 Å². The normalized spacial score (nSPS) is 10.8. The largest absolute Gasteiger partial charge is 0.478 e. The fourth-order valence-electron chi connectivity index (χ4n) is 1.99. The molecule has 0 bridgehead atoms. The molecule has 0 saturated heterocycles. The van der Waals surface area contributed by atoms with Gasteiger partial charge in [0.15, 0.2) is 0 Å². The van der Waals surface area contributed by atoms with Crippen LogP contribution in [0.5, 0.6) is 0 Å². The molecule has 1 aromatic rings. The van der Waals surface area contributed by atoms with Crippen molar-refractivity contribution in [2.24, 2.45) is 0 Å². The number of benzene rings is 1. The molecule has 0 fully saturated rings. The monoisotopic (exact) mass is 224 g/mol. The standard InChI is InChI=1S/C13H8N2O2/c16-13(17)10-3-1-2-8-9-4-5-15-12(9)7-14-6-11(8)10/h1-7H,(H,16,17). The van der Waals surface area contributed by atoms with Gasteiger partial charge in [-0.3, -0.25) is 9.97 Å². The Bertz CT molecular complexity index is 694. The van der Waals surface area contributed by atoms with Gasteiger partial charge < -0.3 is 5.11 Å². The first-order chi connectivity index (χ1) is 8.27. The van der Waals surface area contributed by atoms with E-state index in [1.54, 1.807) is 30.7 Å². The van der Waals surface area contributed by atoms with E-state index in [9.17, 15) is 4.79 Å². The lowest BCUT2D eigenvalue weighted by atomic mass is 10.0. The minimum Gasteiger partial charge on any atom is -0.478 e. The third kappa shape index (κ3) is 1.42. The highest BCUT2D eigenvalue weighted by atomic mass is 16.4. The maximum absolute atomic E-state index is 11.1. The van der Waals surface area contributed by atoms with E-state index in [-0.39, 0.29) is 5.56 Å². The number of nitrogens with zero attached hydrogens (tertiary/aromatic N) is 2. The third-order valence-corrected chi connectivity index (χ3v) is 2.76. The number of carboxylic acid groups (broad SMARTS) is 1. The molecule has 4 nitrogen and oxygen atoms in total. The van der Waals surface area contributed by atoms with E-state index in [1.165, 1.54) is 0 Å². The summed E-state index contributed by atoms with van der Waals surface area (Å²) in [7, 11) is 0. The van der Waals surface area contributed by atoms with Gasteiger partial charge in [0.1, 0.15) is 0 Å². The summed E-state index contributed by atoms with van der Waals surface area (Å²) in [5.74, 6) is -0.948. The van der Waals surface area contributed by atoms with E-state index in [0.717, 1.165) is 16.6 Å². The predicted octanol–water partition coefficient (Wildman–Crippen LogP) is 2.43. The summed E-state index contributed by atoms with van der Waals surface area (Å²) in [6.45, 7) is 0. The van der Waals surface area contributed by atoms with Crippen molar-refractivity contribution in [3.05, 3.63) is 48.4 Å². The minimum absolute atomic E-state index is 0.258. The number of carbonyl (C=O) groups is 1. The summed E-state index contributed by atoms with van der Waals surface area (Å²) in [5, 5.41) is 10.6. The van der Waals surface area contributed by atoms with Crippen LogP contribution < -0.4 is 0 Å². The number of hydrogen-bond donors (Lipinski definition) is 1. The van der Waals surface area contributed by atoms with Gasteiger partial charge in [-0.2, -0.15) is 0 Å². The molecule has 2 aliphatic rings. The fraction of sp³-hybridized carbons (Fsp3) is 0. The first-order valence-electron chi connectivity index (χ1n) is 5.12. The lowest BCUT2D eigenvalue weighted by Crippen LogP contribution is -1.96. The van der Waals surface area contributed by atoms with Gasteiger partial charge >= 0.3 is 5.97 Å². The quantitative estimate of drug-likeness (QED) is 0.689. The van der Waals surface area contributed by atoms with Crippen LogP contribution in [-0.4, -0.2) is 21.0 Å². The molecule has 2 aliphatic heterocycles. The Morgan fingerprint density at radius 1 is 1.12 bits per heavy atom. The van der Waals surface area contributed by atoms with E-state index in [1.807, 2.05) is 12.1 Å². The highest BCUT2D eigenvalue weighted by Gasteiger charge is 2.12. The van der Waals surface area contributed by atoms with Gasteiger partial charge in [-0.15, -0.1) is 0 Å². The molecule has 4 heteroatoms. The second kappa shape index (κ2) is 3.52. The molecule has 1 N–H and O–H groups in total. The van der Waals surface area contributed by atoms with Crippen molar-refractivity contribution >= 4 is 16.7 Å². The molecule has 82 valence electrons. The van der Waals surface area contributed by atoms with Crippen molar-refractivity contribution < 1.29 is 9.90 Å². The molecule has 3 rings (SSSR count). The van der Waals surface area contributed by atoms with Gasteiger partial charge in [-0.05, 0) is 17.5 Å². The lowest BCUT2D eigenvalue weighted by molar-refractivity contribution is 0.0699. The van der Waals surface area contributed by atoms with Gasteiger partial charge in [0.2, 0.25) is 0 Å². The second-order valence-electron chi connectivity index (χ2n) is 3.72. The Balaban J connectivity index is 2.51. The molecule has 0 unspecified atom stereocenters. The zero-order chi connectivity index (χ0) is 11.8. The van der Waals surface area contributed by atoms with Crippen molar-refractivity contribution in [2.45, 2.75) is 0 Å². The van der Waals surface area contributed by atoms with Crippen LogP contribution in [0.25, 0.3) is 22.0 Å². The average Bonchev–Trinajstić information content (AvgIpc) is 2.70. The molecule has 0 atom stereocenters. The molecular formula is C13H8N2O2. The van der Waals surface area contributed by atoms with E-state index in [4.69, 9.17) is 5.11 Å². The summed E-state index contributed by atoms with van der Waals surface area (Å²) in [5.41, 5.74) is 1.94. The second-order valence-corrected chi connectivity index (χ2v) is 3.72. The predicted molar refractivity (Wildman–Crippen MR) is 63.1 cm³/mol. The molecule has 0 aromatic heterocycles. The highest BCUT2D eigenvalue weighted by molar-refractivity contribution is 6.07. The average molecular weight is 224 g/mol. The molecule has 0 aliphatic carbocycles. The van der Waals surface area contributed by atoms with Crippen molar-refractivity contribution in [1.82, 2.24) is 9.97 Å². The van der Waals surface area contributed by atoms with Gasteiger partial charge in [0, 0.05) is 23.3 Å².